The molecule has 0 fully saturated rings. The number of aryl methyl sites for hydroxylation is 1. The lowest BCUT2D eigenvalue weighted by Crippen LogP contribution is -2.06. The molecule has 0 aromatic heterocycles. The number of nitrogens with zero attached hydrogens (tertiary/aromatic N) is 2. The maximum Gasteiger partial charge on any atom is 0.416 e. The van der Waals surface area contributed by atoms with Crippen LogP contribution in [0.3, 0.4) is 0 Å². The smallest absolute Gasteiger partial charge is 0.416 e. The Hall–Kier alpha value is -3.15. The summed E-state index contributed by atoms with van der Waals surface area (Å²) in [5, 5.41) is 15.0. The molecule has 0 radical (unpaired) electrons. The summed E-state index contributed by atoms with van der Waals surface area (Å²) in [6, 6.07) is 15.5. The lowest BCUT2D eigenvalue weighted by Gasteiger charge is -2.09. The van der Waals surface area contributed by atoms with Gasteiger partial charge in [0.1, 0.15) is 18.0 Å². The molecule has 0 bridgehead atoms. The number of hydrogen-bond acceptors (Lipinski definition) is 5. The van der Waals surface area contributed by atoms with Gasteiger partial charge < -0.3 is 4.74 Å². The standard InChI is InChI=1S/C22H17F3IN3O3/c1-14-2-4-15(5-3-14)13-32-21-9-6-16(10-18(21)26)12-27-28-19-8-7-17(22(23,24)25)11-20(19)29(30)31/h2-12,28H,13H2,1H3/b27-12-. The number of nitro benzene ring substituents is 1. The fourth-order valence-corrected chi connectivity index (χ4v) is 3.38. The summed E-state index contributed by atoms with van der Waals surface area (Å²) < 4.78 is 45.0. The first kappa shape index (κ1) is 23.5. The summed E-state index contributed by atoms with van der Waals surface area (Å²) in [6.07, 6.45) is -3.26. The molecule has 0 aliphatic carbocycles. The Bertz CT molecular complexity index is 1150. The van der Waals surface area contributed by atoms with Gasteiger partial charge in [-0.3, -0.25) is 15.5 Å². The van der Waals surface area contributed by atoms with Crippen molar-refractivity contribution in [1.82, 2.24) is 0 Å². The van der Waals surface area contributed by atoms with Crippen molar-refractivity contribution in [1.29, 1.82) is 0 Å². The second-order valence-electron chi connectivity index (χ2n) is 6.82. The van der Waals surface area contributed by atoms with Gasteiger partial charge in [0.2, 0.25) is 0 Å². The maximum absolute atomic E-state index is 12.8. The highest BCUT2D eigenvalue weighted by molar-refractivity contribution is 14.1. The predicted molar refractivity (Wildman–Crippen MR) is 124 cm³/mol. The Morgan fingerprint density at radius 2 is 1.84 bits per heavy atom. The van der Waals surface area contributed by atoms with E-state index in [0.717, 1.165) is 21.3 Å². The number of anilines is 1. The Morgan fingerprint density at radius 3 is 2.47 bits per heavy atom. The Kier molecular flexibility index (Phi) is 7.33. The largest absolute Gasteiger partial charge is 0.488 e. The van der Waals surface area contributed by atoms with Crippen molar-refractivity contribution in [3.8, 4) is 5.75 Å². The van der Waals surface area contributed by atoms with Gasteiger partial charge in [0.05, 0.1) is 20.3 Å². The normalized spacial score (nSPS) is 11.5. The van der Waals surface area contributed by atoms with E-state index in [2.05, 4.69) is 33.1 Å². The fraction of sp³-hybridized carbons (Fsp3) is 0.136. The average molecular weight is 555 g/mol. The molecule has 0 saturated heterocycles. The predicted octanol–water partition coefficient (Wildman–Crippen LogP) is 6.55. The second kappa shape index (κ2) is 9.98. The second-order valence-corrected chi connectivity index (χ2v) is 7.98. The SMILES string of the molecule is Cc1ccc(COc2ccc(/C=N\Nc3ccc(C(F)(F)F)cc3[N+](=O)[O-])cc2I)cc1. The van der Waals surface area contributed by atoms with Crippen LogP contribution in [0.1, 0.15) is 22.3 Å². The first-order valence-electron chi connectivity index (χ1n) is 9.26. The van der Waals surface area contributed by atoms with E-state index in [1.54, 1.807) is 18.2 Å². The molecule has 3 aromatic rings. The van der Waals surface area contributed by atoms with Gasteiger partial charge in [-0.15, -0.1) is 0 Å². The zero-order chi connectivity index (χ0) is 23.3. The van der Waals surface area contributed by atoms with E-state index in [9.17, 15) is 23.3 Å². The summed E-state index contributed by atoms with van der Waals surface area (Å²) in [4.78, 5) is 10.2. The molecule has 0 aliphatic heterocycles. The van der Waals surface area contributed by atoms with Crippen LogP contribution in [0.2, 0.25) is 0 Å². The highest BCUT2D eigenvalue weighted by Gasteiger charge is 2.33. The van der Waals surface area contributed by atoms with Crippen molar-refractivity contribution in [2.45, 2.75) is 19.7 Å². The highest BCUT2D eigenvalue weighted by atomic mass is 127. The van der Waals surface area contributed by atoms with E-state index in [1.807, 2.05) is 31.2 Å². The first-order chi connectivity index (χ1) is 15.1. The number of ether oxygens (including phenoxy) is 1. The van der Waals surface area contributed by atoms with Crippen molar-refractivity contribution in [3.63, 3.8) is 0 Å². The average Bonchev–Trinajstić information content (AvgIpc) is 2.73. The Labute approximate surface area is 195 Å². The zero-order valence-electron chi connectivity index (χ0n) is 16.7. The minimum absolute atomic E-state index is 0.146. The van der Waals surface area contributed by atoms with E-state index in [-0.39, 0.29) is 5.69 Å². The molecule has 0 aliphatic rings. The summed E-state index contributed by atoms with van der Waals surface area (Å²) in [7, 11) is 0. The molecule has 0 heterocycles. The van der Waals surface area contributed by atoms with Crippen LogP contribution in [0.15, 0.2) is 65.8 Å². The van der Waals surface area contributed by atoms with Crippen LogP contribution < -0.4 is 10.2 Å². The number of alkyl halides is 3. The van der Waals surface area contributed by atoms with E-state index in [0.29, 0.717) is 24.0 Å². The minimum atomic E-state index is -4.67. The number of hydrazone groups is 1. The molecule has 0 atom stereocenters. The van der Waals surface area contributed by atoms with Crippen LogP contribution in [-0.2, 0) is 12.8 Å². The lowest BCUT2D eigenvalue weighted by atomic mass is 10.1. The van der Waals surface area contributed by atoms with Gasteiger partial charge in [-0.1, -0.05) is 29.8 Å². The number of nitro groups is 1. The number of hydrogen-bond donors (Lipinski definition) is 1. The summed E-state index contributed by atoms with van der Waals surface area (Å²) in [5.41, 5.74) is 3.36. The summed E-state index contributed by atoms with van der Waals surface area (Å²) in [6.45, 7) is 2.43. The van der Waals surface area contributed by atoms with Gasteiger partial charge in [-0.05, 0) is 71.0 Å². The van der Waals surface area contributed by atoms with Crippen molar-refractivity contribution < 1.29 is 22.8 Å². The van der Waals surface area contributed by atoms with Gasteiger partial charge in [0.15, 0.2) is 0 Å². The molecule has 166 valence electrons. The van der Waals surface area contributed by atoms with E-state index < -0.39 is 22.4 Å². The number of halogens is 4. The van der Waals surface area contributed by atoms with Crippen LogP contribution in [0.25, 0.3) is 0 Å². The van der Waals surface area contributed by atoms with Gasteiger partial charge in [0.25, 0.3) is 5.69 Å². The molecule has 0 unspecified atom stereocenters. The summed E-state index contributed by atoms with van der Waals surface area (Å²) in [5.74, 6) is 0.690. The molecule has 1 N–H and O–H groups in total. The van der Waals surface area contributed by atoms with E-state index in [1.165, 1.54) is 11.8 Å². The molecule has 6 nitrogen and oxygen atoms in total. The van der Waals surface area contributed by atoms with Crippen LogP contribution in [0, 0.1) is 20.6 Å². The molecule has 0 spiro atoms. The fourth-order valence-electron chi connectivity index (χ4n) is 2.69. The molecule has 32 heavy (non-hydrogen) atoms. The quantitative estimate of drug-likeness (QED) is 0.155. The molecular formula is C22H17F3IN3O3. The molecule has 0 saturated carbocycles. The molecule has 10 heteroatoms. The zero-order valence-corrected chi connectivity index (χ0v) is 18.8. The van der Waals surface area contributed by atoms with E-state index >= 15 is 0 Å². The Morgan fingerprint density at radius 1 is 1.12 bits per heavy atom. The highest BCUT2D eigenvalue weighted by Crippen LogP contribution is 2.35. The lowest BCUT2D eigenvalue weighted by molar-refractivity contribution is -0.384. The molecule has 3 rings (SSSR count). The van der Waals surface area contributed by atoms with Crippen LogP contribution >= 0.6 is 22.6 Å². The minimum Gasteiger partial charge on any atom is -0.488 e. The van der Waals surface area contributed by atoms with Gasteiger partial charge in [-0.25, -0.2) is 0 Å². The molecule has 3 aromatic carbocycles. The third-order valence-electron chi connectivity index (χ3n) is 4.39. The maximum atomic E-state index is 12.8. The first-order valence-corrected chi connectivity index (χ1v) is 10.3. The monoisotopic (exact) mass is 555 g/mol. The number of benzene rings is 3. The topological polar surface area (TPSA) is 76.8 Å². The van der Waals surface area contributed by atoms with Crippen molar-refractivity contribution in [2.24, 2.45) is 5.10 Å². The van der Waals surface area contributed by atoms with Crippen molar-refractivity contribution >= 4 is 40.2 Å². The van der Waals surface area contributed by atoms with Crippen LogP contribution in [-0.4, -0.2) is 11.1 Å². The molecule has 0 amide bonds. The van der Waals surface area contributed by atoms with Crippen LogP contribution in [0.4, 0.5) is 24.5 Å². The van der Waals surface area contributed by atoms with Crippen molar-refractivity contribution in [2.75, 3.05) is 5.43 Å². The number of rotatable bonds is 7. The third kappa shape index (κ3) is 6.19. The molecular weight excluding hydrogens is 538 g/mol. The van der Waals surface area contributed by atoms with Gasteiger partial charge in [-0.2, -0.15) is 18.3 Å². The van der Waals surface area contributed by atoms with Gasteiger partial charge in [0, 0.05) is 6.07 Å². The van der Waals surface area contributed by atoms with Gasteiger partial charge >= 0.3 is 6.18 Å². The van der Waals surface area contributed by atoms with E-state index in [4.69, 9.17) is 4.74 Å². The Balaban J connectivity index is 1.67. The third-order valence-corrected chi connectivity index (χ3v) is 5.23. The van der Waals surface area contributed by atoms with Crippen LogP contribution in [0.5, 0.6) is 5.75 Å². The van der Waals surface area contributed by atoms with Crippen molar-refractivity contribution in [3.05, 3.63) is 96.6 Å². The number of nitrogens with one attached hydrogen (secondary N) is 1. The summed E-state index contributed by atoms with van der Waals surface area (Å²) >= 11 is 2.12.